The standard InChI is InChI=1S/C24H46N4O6/c1-17(2)19(21(29)33-23(25)31)27-15-13-11-9-7-5-6-8-10-12-14-16-28-20(18(3)4)22(30)34-24(26)32/h17-20,27-28H,5-16H2,1-4H3,(H2,25,31)(H2,26,32). The minimum atomic E-state index is -1.07. The van der Waals surface area contributed by atoms with Gasteiger partial charge in [0.25, 0.3) is 0 Å². The molecule has 0 rings (SSSR count). The van der Waals surface area contributed by atoms with Crippen LogP contribution in [-0.4, -0.2) is 49.3 Å². The average Bonchev–Trinajstić information content (AvgIpc) is 2.71. The van der Waals surface area contributed by atoms with Gasteiger partial charge in [-0.25, -0.2) is 19.2 Å². The largest absolute Gasteiger partial charge is 0.412 e. The van der Waals surface area contributed by atoms with E-state index in [9.17, 15) is 19.2 Å². The number of ether oxygens (including phenoxy) is 2. The van der Waals surface area contributed by atoms with Crippen LogP contribution in [0.1, 0.15) is 91.9 Å². The normalized spacial score (nSPS) is 13.0. The highest BCUT2D eigenvalue weighted by Gasteiger charge is 2.25. The molecule has 0 saturated heterocycles. The van der Waals surface area contributed by atoms with E-state index in [-0.39, 0.29) is 11.8 Å². The van der Waals surface area contributed by atoms with Crippen LogP contribution in [0.2, 0.25) is 0 Å². The second-order valence-corrected chi connectivity index (χ2v) is 9.37. The Balaban J connectivity index is 3.68. The lowest BCUT2D eigenvalue weighted by atomic mass is 10.0. The molecule has 2 amide bonds. The molecule has 0 saturated carbocycles. The van der Waals surface area contributed by atoms with Crippen LogP contribution in [0.3, 0.4) is 0 Å². The number of carbonyl (C=O) groups excluding carboxylic acids is 4. The number of rotatable bonds is 19. The summed E-state index contributed by atoms with van der Waals surface area (Å²) in [6.07, 6.45) is 9.06. The molecule has 0 spiro atoms. The molecule has 0 bridgehead atoms. The number of nitrogens with one attached hydrogen (secondary N) is 2. The molecule has 0 fully saturated rings. The maximum atomic E-state index is 11.8. The van der Waals surface area contributed by atoms with Gasteiger partial charge in [0.2, 0.25) is 0 Å². The Hall–Kier alpha value is -2.20. The molecule has 2 unspecified atom stereocenters. The zero-order valence-corrected chi connectivity index (χ0v) is 21.4. The Kier molecular flexibility index (Phi) is 17.9. The van der Waals surface area contributed by atoms with E-state index in [1.807, 2.05) is 27.7 Å². The van der Waals surface area contributed by atoms with E-state index in [1.165, 1.54) is 25.7 Å². The van der Waals surface area contributed by atoms with Crippen molar-refractivity contribution in [1.29, 1.82) is 0 Å². The number of nitrogens with two attached hydrogens (primary N) is 2. The van der Waals surface area contributed by atoms with Crippen molar-refractivity contribution < 1.29 is 28.7 Å². The summed E-state index contributed by atoms with van der Waals surface area (Å²) in [7, 11) is 0. The molecule has 0 aliphatic rings. The Morgan fingerprint density at radius 3 is 1.06 bits per heavy atom. The minimum absolute atomic E-state index is 0.0117. The molecule has 2 atom stereocenters. The van der Waals surface area contributed by atoms with Crippen molar-refractivity contribution >= 4 is 24.1 Å². The van der Waals surface area contributed by atoms with Crippen LogP contribution in [0.5, 0.6) is 0 Å². The van der Waals surface area contributed by atoms with Gasteiger partial charge in [-0.2, -0.15) is 0 Å². The Morgan fingerprint density at radius 1 is 0.559 bits per heavy atom. The summed E-state index contributed by atoms with van der Waals surface area (Å²) in [4.78, 5) is 45.2. The first-order valence-corrected chi connectivity index (χ1v) is 12.5. The van der Waals surface area contributed by atoms with Crippen molar-refractivity contribution in [2.75, 3.05) is 13.1 Å². The summed E-state index contributed by atoms with van der Waals surface area (Å²) in [5.74, 6) is -1.22. The van der Waals surface area contributed by atoms with Gasteiger partial charge in [-0.1, -0.05) is 79.1 Å². The van der Waals surface area contributed by atoms with Crippen molar-refractivity contribution in [3.8, 4) is 0 Å². The molecule has 0 radical (unpaired) electrons. The van der Waals surface area contributed by atoms with E-state index in [1.54, 1.807) is 0 Å². The number of amides is 2. The molecule has 0 heterocycles. The summed E-state index contributed by atoms with van der Waals surface area (Å²) in [6.45, 7) is 8.96. The van der Waals surface area contributed by atoms with Crippen LogP contribution < -0.4 is 22.1 Å². The van der Waals surface area contributed by atoms with Crippen LogP contribution in [0.4, 0.5) is 9.59 Å². The van der Waals surface area contributed by atoms with Gasteiger partial charge in [-0.15, -0.1) is 0 Å². The fraction of sp³-hybridized carbons (Fsp3) is 0.833. The second kappa shape index (κ2) is 19.1. The fourth-order valence-electron chi connectivity index (χ4n) is 3.69. The number of primary amides is 2. The van der Waals surface area contributed by atoms with Gasteiger partial charge in [-0.05, 0) is 37.8 Å². The second-order valence-electron chi connectivity index (χ2n) is 9.37. The first kappa shape index (κ1) is 31.8. The first-order valence-electron chi connectivity index (χ1n) is 12.5. The van der Waals surface area contributed by atoms with Gasteiger partial charge in [0.1, 0.15) is 12.1 Å². The van der Waals surface area contributed by atoms with E-state index < -0.39 is 36.2 Å². The predicted molar refractivity (Wildman–Crippen MR) is 131 cm³/mol. The van der Waals surface area contributed by atoms with Crippen molar-refractivity contribution in [2.45, 2.75) is 104 Å². The molecule has 0 aromatic carbocycles. The van der Waals surface area contributed by atoms with E-state index in [0.717, 1.165) is 38.5 Å². The molecule has 34 heavy (non-hydrogen) atoms. The van der Waals surface area contributed by atoms with E-state index in [4.69, 9.17) is 11.5 Å². The molecule has 0 aromatic rings. The third-order valence-electron chi connectivity index (χ3n) is 5.58. The van der Waals surface area contributed by atoms with Crippen molar-refractivity contribution in [3.05, 3.63) is 0 Å². The molecular weight excluding hydrogens is 440 g/mol. The predicted octanol–water partition coefficient (Wildman–Crippen LogP) is 3.36. The van der Waals surface area contributed by atoms with Gasteiger partial charge in [0, 0.05) is 0 Å². The number of carbonyl (C=O) groups is 4. The van der Waals surface area contributed by atoms with E-state index in [2.05, 4.69) is 20.1 Å². The maximum absolute atomic E-state index is 11.8. The van der Waals surface area contributed by atoms with Crippen LogP contribution >= 0.6 is 0 Å². The molecule has 10 heteroatoms. The lowest BCUT2D eigenvalue weighted by molar-refractivity contribution is -0.141. The SMILES string of the molecule is CC(C)C(NCCCCCCCCCCCCNC(C(=O)OC(N)=O)C(C)C)C(=O)OC(N)=O. The van der Waals surface area contributed by atoms with Gasteiger partial charge in [0.05, 0.1) is 0 Å². The summed E-state index contributed by atoms with van der Waals surface area (Å²) >= 11 is 0. The Bertz CT molecular complexity index is 560. The van der Waals surface area contributed by atoms with E-state index in [0.29, 0.717) is 13.1 Å². The molecular formula is C24H46N4O6. The van der Waals surface area contributed by atoms with Gasteiger partial charge < -0.3 is 31.6 Å². The van der Waals surface area contributed by atoms with Crippen molar-refractivity contribution in [3.63, 3.8) is 0 Å². The Labute approximate surface area is 204 Å². The third-order valence-corrected chi connectivity index (χ3v) is 5.58. The number of hydrogen-bond acceptors (Lipinski definition) is 8. The highest BCUT2D eigenvalue weighted by Crippen LogP contribution is 2.11. The summed E-state index contributed by atoms with van der Waals surface area (Å²) in [5, 5.41) is 6.31. The topological polar surface area (TPSA) is 163 Å². The summed E-state index contributed by atoms with van der Waals surface area (Å²) in [5.41, 5.74) is 9.82. The monoisotopic (exact) mass is 486 g/mol. The fourth-order valence-corrected chi connectivity index (χ4v) is 3.69. The average molecular weight is 487 g/mol. The lowest BCUT2D eigenvalue weighted by Gasteiger charge is -2.19. The number of hydrogen-bond donors (Lipinski definition) is 4. The lowest BCUT2D eigenvalue weighted by Crippen LogP contribution is -2.43. The zero-order chi connectivity index (χ0) is 25.9. The smallest absolute Gasteiger partial charge is 0.375 e. The van der Waals surface area contributed by atoms with E-state index >= 15 is 0 Å². The molecule has 0 aliphatic carbocycles. The molecule has 0 aliphatic heterocycles. The quantitative estimate of drug-likeness (QED) is 0.123. The van der Waals surface area contributed by atoms with Crippen LogP contribution in [0.25, 0.3) is 0 Å². The van der Waals surface area contributed by atoms with Crippen molar-refractivity contribution in [2.24, 2.45) is 23.3 Å². The molecule has 6 N–H and O–H groups in total. The maximum Gasteiger partial charge on any atom is 0.412 e. The summed E-state index contributed by atoms with van der Waals surface area (Å²) in [6, 6.07) is -1.05. The van der Waals surface area contributed by atoms with Crippen molar-refractivity contribution in [1.82, 2.24) is 10.6 Å². The van der Waals surface area contributed by atoms with Crippen LogP contribution in [-0.2, 0) is 19.1 Å². The highest BCUT2D eigenvalue weighted by atomic mass is 16.6. The zero-order valence-electron chi connectivity index (χ0n) is 21.4. The minimum Gasteiger partial charge on any atom is -0.375 e. The van der Waals surface area contributed by atoms with Gasteiger partial charge in [0.15, 0.2) is 0 Å². The third kappa shape index (κ3) is 16.4. The Morgan fingerprint density at radius 2 is 0.824 bits per heavy atom. The van der Waals surface area contributed by atoms with Gasteiger partial charge >= 0.3 is 24.1 Å². The van der Waals surface area contributed by atoms with Crippen LogP contribution in [0.15, 0.2) is 0 Å². The molecule has 0 aromatic heterocycles. The van der Waals surface area contributed by atoms with Crippen LogP contribution in [0, 0.1) is 11.8 Å². The highest BCUT2D eigenvalue weighted by molar-refractivity contribution is 5.87. The van der Waals surface area contributed by atoms with Gasteiger partial charge in [-0.3, -0.25) is 0 Å². The number of unbranched alkanes of at least 4 members (excludes halogenated alkanes) is 9. The molecule has 10 nitrogen and oxygen atoms in total. The number of esters is 2. The first-order chi connectivity index (χ1) is 16.1. The summed E-state index contributed by atoms with van der Waals surface area (Å²) < 4.78 is 8.96. The molecule has 198 valence electrons.